The third-order valence-corrected chi connectivity index (χ3v) is 3.95. The molecule has 3 aromatic heterocycles. The van der Waals surface area contributed by atoms with Crippen molar-refractivity contribution in [3.8, 4) is 0 Å². The molecule has 1 amide bonds. The van der Waals surface area contributed by atoms with Crippen molar-refractivity contribution in [1.82, 2.24) is 19.6 Å². The molecule has 0 radical (unpaired) electrons. The average Bonchev–Trinajstić information content (AvgIpc) is 3.06. The molecule has 0 aliphatic carbocycles. The lowest BCUT2D eigenvalue weighted by Gasteiger charge is -2.06. The van der Waals surface area contributed by atoms with Crippen LogP contribution in [0.15, 0.2) is 67.0 Å². The fraction of sp³-hybridized carbons (Fsp3) is 0.0526. The summed E-state index contributed by atoms with van der Waals surface area (Å²) in [5, 5.41) is 11.1. The molecule has 26 heavy (non-hydrogen) atoms. The molecular formula is C19H14FN5O. The van der Waals surface area contributed by atoms with Crippen LogP contribution in [0, 0.1) is 5.95 Å². The number of halogens is 1. The minimum Gasteiger partial charge on any atom is -0.322 e. The molecule has 0 bridgehead atoms. The Bertz CT molecular complexity index is 1070. The SMILES string of the molecule is O=C(Nc1ccc(Cc2nnc3ccccn23)cc1)c1ccnc(F)c1. The molecule has 0 saturated heterocycles. The van der Waals surface area contributed by atoms with Gasteiger partial charge in [0.2, 0.25) is 5.95 Å². The maximum atomic E-state index is 13.1. The van der Waals surface area contributed by atoms with Crippen molar-refractivity contribution >= 4 is 17.2 Å². The van der Waals surface area contributed by atoms with E-state index in [9.17, 15) is 9.18 Å². The van der Waals surface area contributed by atoms with E-state index in [4.69, 9.17) is 0 Å². The Balaban J connectivity index is 1.47. The predicted octanol–water partition coefficient (Wildman–Crippen LogP) is 3.11. The number of hydrogen-bond acceptors (Lipinski definition) is 4. The van der Waals surface area contributed by atoms with Gasteiger partial charge in [-0.3, -0.25) is 9.20 Å². The highest BCUT2D eigenvalue weighted by Gasteiger charge is 2.09. The number of nitrogens with one attached hydrogen (secondary N) is 1. The summed E-state index contributed by atoms with van der Waals surface area (Å²) in [4.78, 5) is 15.6. The highest BCUT2D eigenvalue weighted by atomic mass is 19.1. The Kier molecular flexibility index (Phi) is 4.10. The molecule has 6 nitrogen and oxygen atoms in total. The molecule has 4 aromatic rings. The van der Waals surface area contributed by atoms with Crippen LogP contribution in [-0.2, 0) is 6.42 Å². The van der Waals surface area contributed by atoms with Gasteiger partial charge in [0.15, 0.2) is 5.65 Å². The zero-order chi connectivity index (χ0) is 17.9. The number of benzene rings is 1. The number of aromatic nitrogens is 4. The summed E-state index contributed by atoms with van der Waals surface area (Å²) in [7, 11) is 0. The van der Waals surface area contributed by atoms with E-state index < -0.39 is 5.95 Å². The smallest absolute Gasteiger partial charge is 0.255 e. The molecule has 128 valence electrons. The molecule has 0 unspecified atom stereocenters. The first-order chi connectivity index (χ1) is 12.7. The van der Waals surface area contributed by atoms with E-state index in [-0.39, 0.29) is 11.5 Å². The van der Waals surface area contributed by atoms with Gasteiger partial charge >= 0.3 is 0 Å². The number of pyridine rings is 2. The van der Waals surface area contributed by atoms with Crippen LogP contribution in [0.3, 0.4) is 0 Å². The van der Waals surface area contributed by atoms with E-state index in [1.165, 1.54) is 12.3 Å². The summed E-state index contributed by atoms with van der Waals surface area (Å²) in [5.74, 6) is -0.235. The van der Waals surface area contributed by atoms with Crippen LogP contribution < -0.4 is 5.32 Å². The topological polar surface area (TPSA) is 72.2 Å². The van der Waals surface area contributed by atoms with Gasteiger partial charge in [0.1, 0.15) is 5.82 Å². The minimum absolute atomic E-state index is 0.219. The second-order valence-corrected chi connectivity index (χ2v) is 5.74. The Morgan fingerprint density at radius 1 is 1.08 bits per heavy atom. The highest BCUT2D eigenvalue weighted by molar-refractivity contribution is 6.04. The second kappa shape index (κ2) is 6.72. The molecule has 0 saturated carbocycles. The number of nitrogens with zero attached hydrogens (tertiary/aromatic N) is 4. The van der Waals surface area contributed by atoms with Gasteiger partial charge in [0.05, 0.1) is 0 Å². The number of fused-ring (bicyclic) bond motifs is 1. The van der Waals surface area contributed by atoms with Gasteiger partial charge in [0, 0.05) is 36.1 Å². The van der Waals surface area contributed by atoms with Gasteiger partial charge in [-0.15, -0.1) is 10.2 Å². The Morgan fingerprint density at radius 2 is 1.92 bits per heavy atom. The quantitative estimate of drug-likeness (QED) is 0.576. The van der Waals surface area contributed by atoms with E-state index in [0.29, 0.717) is 12.1 Å². The predicted molar refractivity (Wildman–Crippen MR) is 94.4 cm³/mol. The standard InChI is InChI=1S/C19H14FN5O/c20-16-12-14(8-9-21-16)19(26)22-15-6-4-13(5-7-15)11-18-24-23-17-3-1-2-10-25(17)18/h1-10,12H,11H2,(H,22,26). The van der Waals surface area contributed by atoms with Crippen LogP contribution in [-0.4, -0.2) is 25.5 Å². The summed E-state index contributed by atoms with van der Waals surface area (Å²) in [6.07, 6.45) is 3.80. The van der Waals surface area contributed by atoms with E-state index in [1.54, 1.807) is 12.1 Å². The average molecular weight is 347 g/mol. The van der Waals surface area contributed by atoms with Crippen LogP contribution in [0.1, 0.15) is 21.7 Å². The number of anilines is 1. The second-order valence-electron chi connectivity index (χ2n) is 5.74. The van der Waals surface area contributed by atoms with Crippen molar-refractivity contribution in [1.29, 1.82) is 0 Å². The van der Waals surface area contributed by atoms with Crippen LogP contribution in [0.2, 0.25) is 0 Å². The van der Waals surface area contributed by atoms with E-state index >= 15 is 0 Å². The van der Waals surface area contributed by atoms with Crippen LogP contribution in [0.25, 0.3) is 5.65 Å². The maximum Gasteiger partial charge on any atom is 0.255 e. The molecule has 1 N–H and O–H groups in total. The van der Waals surface area contributed by atoms with Gasteiger partial charge in [-0.2, -0.15) is 4.39 Å². The summed E-state index contributed by atoms with van der Waals surface area (Å²) >= 11 is 0. The first-order valence-electron chi connectivity index (χ1n) is 7.99. The zero-order valence-corrected chi connectivity index (χ0v) is 13.6. The van der Waals surface area contributed by atoms with Crippen molar-refractivity contribution in [3.05, 3.63) is 89.9 Å². The fourth-order valence-electron chi connectivity index (χ4n) is 2.65. The number of carbonyl (C=O) groups excluding carboxylic acids is 1. The van der Waals surface area contributed by atoms with Crippen molar-refractivity contribution in [2.45, 2.75) is 6.42 Å². The summed E-state index contributed by atoms with van der Waals surface area (Å²) in [5.41, 5.74) is 2.69. The Labute approximate surface area is 148 Å². The largest absolute Gasteiger partial charge is 0.322 e. The fourth-order valence-corrected chi connectivity index (χ4v) is 2.65. The number of carbonyl (C=O) groups is 1. The number of amides is 1. The normalized spacial score (nSPS) is 10.8. The van der Waals surface area contributed by atoms with Crippen molar-refractivity contribution in [2.24, 2.45) is 0 Å². The first kappa shape index (κ1) is 15.9. The van der Waals surface area contributed by atoms with E-state index in [0.717, 1.165) is 23.1 Å². The molecule has 0 aliphatic rings. The lowest BCUT2D eigenvalue weighted by Crippen LogP contribution is -2.12. The van der Waals surface area contributed by atoms with Crippen LogP contribution >= 0.6 is 0 Å². The molecule has 4 rings (SSSR count). The van der Waals surface area contributed by atoms with E-state index in [2.05, 4.69) is 20.5 Å². The molecule has 0 fully saturated rings. The molecular weight excluding hydrogens is 333 g/mol. The number of hydrogen-bond donors (Lipinski definition) is 1. The molecule has 0 atom stereocenters. The highest BCUT2D eigenvalue weighted by Crippen LogP contribution is 2.15. The maximum absolute atomic E-state index is 13.1. The Morgan fingerprint density at radius 3 is 2.73 bits per heavy atom. The lowest BCUT2D eigenvalue weighted by atomic mass is 10.1. The third kappa shape index (κ3) is 3.27. The molecule has 0 aliphatic heterocycles. The monoisotopic (exact) mass is 347 g/mol. The first-order valence-corrected chi connectivity index (χ1v) is 7.99. The van der Waals surface area contributed by atoms with Gasteiger partial charge in [-0.1, -0.05) is 18.2 Å². The van der Waals surface area contributed by atoms with Crippen LogP contribution in [0.5, 0.6) is 0 Å². The van der Waals surface area contributed by atoms with Crippen LogP contribution in [0.4, 0.5) is 10.1 Å². The van der Waals surface area contributed by atoms with Crippen molar-refractivity contribution in [2.75, 3.05) is 5.32 Å². The van der Waals surface area contributed by atoms with Gasteiger partial charge in [0.25, 0.3) is 5.91 Å². The summed E-state index contributed by atoms with van der Waals surface area (Å²) in [6.45, 7) is 0. The Hall–Kier alpha value is -3.61. The van der Waals surface area contributed by atoms with Gasteiger partial charge in [-0.25, -0.2) is 4.98 Å². The molecule has 7 heteroatoms. The molecule has 0 spiro atoms. The lowest BCUT2D eigenvalue weighted by molar-refractivity contribution is 0.102. The molecule has 3 heterocycles. The van der Waals surface area contributed by atoms with E-state index in [1.807, 2.05) is 40.9 Å². The van der Waals surface area contributed by atoms with Crippen molar-refractivity contribution in [3.63, 3.8) is 0 Å². The zero-order valence-electron chi connectivity index (χ0n) is 13.6. The summed E-state index contributed by atoms with van der Waals surface area (Å²) < 4.78 is 15.0. The number of rotatable bonds is 4. The minimum atomic E-state index is -0.687. The van der Waals surface area contributed by atoms with Gasteiger partial charge < -0.3 is 5.32 Å². The molecule has 1 aromatic carbocycles. The van der Waals surface area contributed by atoms with Crippen molar-refractivity contribution < 1.29 is 9.18 Å². The summed E-state index contributed by atoms with van der Waals surface area (Å²) in [6, 6.07) is 15.7. The third-order valence-electron chi connectivity index (χ3n) is 3.95. The van der Waals surface area contributed by atoms with Gasteiger partial charge in [-0.05, 0) is 35.9 Å².